The lowest BCUT2D eigenvalue weighted by Gasteiger charge is -2.39. The lowest BCUT2D eigenvalue weighted by molar-refractivity contribution is -0.0219. The number of nitrogens with zero attached hydrogens (tertiary/aromatic N) is 1. The molecule has 1 unspecified atom stereocenters. The van der Waals surface area contributed by atoms with E-state index in [4.69, 9.17) is 15.2 Å². The Labute approximate surface area is 98.1 Å². The van der Waals surface area contributed by atoms with Gasteiger partial charge in [-0.2, -0.15) is 0 Å². The summed E-state index contributed by atoms with van der Waals surface area (Å²) in [6.07, 6.45) is 3.50. The average molecular weight is 228 g/mol. The molecule has 0 aromatic carbocycles. The maximum atomic E-state index is 5.96. The maximum Gasteiger partial charge on any atom is 0.0593 e. The lowest BCUT2D eigenvalue weighted by atomic mass is 9.82. The molecule has 2 N–H and O–H groups in total. The first kappa shape index (κ1) is 12.3. The van der Waals surface area contributed by atoms with Gasteiger partial charge in [-0.25, -0.2) is 0 Å². The van der Waals surface area contributed by atoms with E-state index in [0.29, 0.717) is 0 Å². The van der Waals surface area contributed by atoms with Crippen LogP contribution in [-0.2, 0) is 9.47 Å². The van der Waals surface area contributed by atoms with Crippen molar-refractivity contribution in [3.63, 3.8) is 0 Å². The van der Waals surface area contributed by atoms with E-state index in [-0.39, 0.29) is 5.41 Å². The van der Waals surface area contributed by atoms with Gasteiger partial charge in [0.05, 0.1) is 13.2 Å². The standard InChI is InChI=1S/C12H24N2O2/c13-9-12(3-1-6-16-11-12)10-14-4-2-7-15-8-5-14/h1-11,13H2. The first-order valence-electron chi connectivity index (χ1n) is 6.43. The van der Waals surface area contributed by atoms with Crippen molar-refractivity contribution in [2.45, 2.75) is 19.3 Å². The minimum atomic E-state index is 0.197. The number of hydrogen-bond donors (Lipinski definition) is 1. The predicted molar refractivity (Wildman–Crippen MR) is 63.4 cm³/mol. The van der Waals surface area contributed by atoms with Crippen LogP contribution in [0.5, 0.6) is 0 Å². The molecule has 94 valence electrons. The van der Waals surface area contributed by atoms with E-state index in [1.807, 2.05) is 0 Å². The summed E-state index contributed by atoms with van der Waals surface area (Å²) in [5.74, 6) is 0. The number of rotatable bonds is 3. The van der Waals surface area contributed by atoms with Crippen molar-refractivity contribution in [1.29, 1.82) is 0 Å². The van der Waals surface area contributed by atoms with Gasteiger partial charge in [0.15, 0.2) is 0 Å². The van der Waals surface area contributed by atoms with Crippen molar-refractivity contribution in [3.05, 3.63) is 0 Å². The Kier molecular flexibility index (Phi) is 4.58. The summed E-state index contributed by atoms with van der Waals surface area (Å²) in [6, 6.07) is 0. The molecule has 16 heavy (non-hydrogen) atoms. The molecule has 0 amide bonds. The van der Waals surface area contributed by atoms with Crippen LogP contribution in [0.15, 0.2) is 0 Å². The molecule has 0 saturated carbocycles. The minimum Gasteiger partial charge on any atom is -0.381 e. The molecular weight excluding hydrogens is 204 g/mol. The van der Waals surface area contributed by atoms with E-state index in [1.165, 1.54) is 6.42 Å². The summed E-state index contributed by atoms with van der Waals surface area (Å²) in [7, 11) is 0. The molecular formula is C12H24N2O2. The van der Waals surface area contributed by atoms with Gasteiger partial charge in [0, 0.05) is 44.8 Å². The molecule has 1 atom stereocenters. The van der Waals surface area contributed by atoms with Crippen molar-refractivity contribution in [1.82, 2.24) is 4.90 Å². The highest BCUT2D eigenvalue weighted by molar-refractivity contribution is 4.86. The second kappa shape index (κ2) is 5.96. The Balaban J connectivity index is 1.88. The zero-order valence-electron chi connectivity index (χ0n) is 10.1. The summed E-state index contributed by atoms with van der Waals surface area (Å²) >= 11 is 0. The van der Waals surface area contributed by atoms with Crippen molar-refractivity contribution >= 4 is 0 Å². The van der Waals surface area contributed by atoms with Gasteiger partial charge >= 0.3 is 0 Å². The van der Waals surface area contributed by atoms with E-state index in [1.54, 1.807) is 0 Å². The Hall–Kier alpha value is -0.160. The van der Waals surface area contributed by atoms with Crippen LogP contribution in [0, 0.1) is 5.41 Å². The lowest BCUT2D eigenvalue weighted by Crippen LogP contribution is -2.48. The highest BCUT2D eigenvalue weighted by atomic mass is 16.5. The molecule has 0 bridgehead atoms. The second-order valence-corrected chi connectivity index (χ2v) is 5.10. The van der Waals surface area contributed by atoms with Gasteiger partial charge in [-0.1, -0.05) is 0 Å². The van der Waals surface area contributed by atoms with Gasteiger partial charge in [-0.05, 0) is 19.3 Å². The Bertz CT molecular complexity index is 197. The molecule has 2 rings (SSSR count). The number of hydrogen-bond acceptors (Lipinski definition) is 4. The SMILES string of the molecule is NCC1(CN2CCCOCC2)CCCOC1. The quantitative estimate of drug-likeness (QED) is 0.762. The second-order valence-electron chi connectivity index (χ2n) is 5.10. The third-order valence-electron chi connectivity index (χ3n) is 3.71. The van der Waals surface area contributed by atoms with E-state index < -0.39 is 0 Å². The fourth-order valence-corrected chi connectivity index (χ4v) is 2.69. The van der Waals surface area contributed by atoms with Crippen molar-refractivity contribution in [3.8, 4) is 0 Å². The molecule has 0 radical (unpaired) electrons. The largest absolute Gasteiger partial charge is 0.381 e. The molecule has 0 aromatic heterocycles. The van der Waals surface area contributed by atoms with Crippen LogP contribution in [-0.4, -0.2) is 57.5 Å². The fraction of sp³-hybridized carbons (Fsp3) is 1.00. The highest BCUT2D eigenvalue weighted by Crippen LogP contribution is 2.28. The van der Waals surface area contributed by atoms with Gasteiger partial charge in [-0.3, -0.25) is 0 Å². The van der Waals surface area contributed by atoms with Crippen LogP contribution in [0.3, 0.4) is 0 Å². The van der Waals surface area contributed by atoms with Crippen LogP contribution >= 0.6 is 0 Å². The first-order chi connectivity index (χ1) is 7.85. The van der Waals surface area contributed by atoms with Crippen LogP contribution in [0.2, 0.25) is 0 Å². The number of ether oxygens (including phenoxy) is 2. The molecule has 2 saturated heterocycles. The van der Waals surface area contributed by atoms with Crippen molar-refractivity contribution in [2.75, 3.05) is 52.6 Å². The monoisotopic (exact) mass is 228 g/mol. The zero-order valence-corrected chi connectivity index (χ0v) is 10.1. The topological polar surface area (TPSA) is 47.7 Å². The summed E-state index contributed by atoms with van der Waals surface area (Å²) in [6.45, 7) is 7.51. The first-order valence-corrected chi connectivity index (χ1v) is 6.43. The summed E-state index contributed by atoms with van der Waals surface area (Å²) in [5, 5.41) is 0. The van der Waals surface area contributed by atoms with Crippen LogP contribution < -0.4 is 5.73 Å². The Morgan fingerprint density at radius 2 is 1.94 bits per heavy atom. The van der Waals surface area contributed by atoms with Gasteiger partial charge in [0.1, 0.15) is 0 Å². The smallest absolute Gasteiger partial charge is 0.0593 e. The van der Waals surface area contributed by atoms with E-state index in [0.717, 1.165) is 65.4 Å². The molecule has 2 heterocycles. The summed E-state index contributed by atoms with van der Waals surface area (Å²) in [5.41, 5.74) is 6.15. The molecule has 0 aromatic rings. The number of nitrogens with two attached hydrogens (primary N) is 1. The van der Waals surface area contributed by atoms with Crippen molar-refractivity contribution < 1.29 is 9.47 Å². The minimum absolute atomic E-state index is 0.197. The maximum absolute atomic E-state index is 5.96. The molecule has 0 aliphatic carbocycles. The zero-order chi connectivity index (χ0) is 11.3. The molecule has 4 heteroatoms. The Morgan fingerprint density at radius 1 is 1.06 bits per heavy atom. The van der Waals surface area contributed by atoms with Crippen LogP contribution in [0.25, 0.3) is 0 Å². The molecule has 0 spiro atoms. The highest BCUT2D eigenvalue weighted by Gasteiger charge is 2.33. The summed E-state index contributed by atoms with van der Waals surface area (Å²) in [4.78, 5) is 2.49. The van der Waals surface area contributed by atoms with E-state index >= 15 is 0 Å². The Morgan fingerprint density at radius 3 is 2.69 bits per heavy atom. The van der Waals surface area contributed by atoms with Crippen molar-refractivity contribution in [2.24, 2.45) is 11.1 Å². The summed E-state index contributed by atoms with van der Waals surface area (Å²) < 4.78 is 11.1. The molecule has 4 nitrogen and oxygen atoms in total. The molecule has 2 aliphatic rings. The van der Waals surface area contributed by atoms with Gasteiger partial charge in [0.25, 0.3) is 0 Å². The van der Waals surface area contributed by atoms with E-state index in [2.05, 4.69) is 4.90 Å². The van der Waals surface area contributed by atoms with Gasteiger partial charge in [0.2, 0.25) is 0 Å². The van der Waals surface area contributed by atoms with E-state index in [9.17, 15) is 0 Å². The predicted octanol–water partition coefficient (Wildman–Crippen LogP) is 0.464. The fourth-order valence-electron chi connectivity index (χ4n) is 2.69. The average Bonchev–Trinajstić information content (AvgIpc) is 2.59. The third-order valence-corrected chi connectivity index (χ3v) is 3.71. The van der Waals surface area contributed by atoms with Gasteiger partial charge < -0.3 is 20.1 Å². The third kappa shape index (κ3) is 3.17. The van der Waals surface area contributed by atoms with Gasteiger partial charge in [-0.15, -0.1) is 0 Å². The van der Waals surface area contributed by atoms with Crippen LogP contribution in [0.4, 0.5) is 0 Å². The normalized spacial score (nSPS) is 33.6. The van der Waals surface area contributed by atoms with Crippen LogP contribution in [0.1, 0.15) is 19.3 Å². The molecule has 2 fully saturated rings. The molecule has 2 aliphatic heterocycles.